The SMILES string of the molecule is CCc1cc(Br)ccc1S(=O)(=O)N1CCN(c2c(C)cccc2C)CC1. The van der Waals surface area contributed by atoms with Crippen LogP contribution >= 0.6 is 15.9 Å². The van der Waals surface area contributed by atoms with Gasteiger partial charge >= 0.3 is 0 Å². The van der Waals surface area contributed by atoms with E-state index in [-0.39, 0.29) is 0 Å². The van der Waals surface area contributed by atoms with Crippen LogP contribution in [-0.4, -0.2) is 38.9 Å². The highest BCUT2D eigenvalue weighted by molar-refractivity contribution is 9.10. The van der Waals surface area contributed by atoms with E-state index in [1.807, 2.05) is 13.0 Å². The smallest absolute Gasteiger partial charge is 0.243 e. The fraction of sp³-hybridized carbons (Fsp3) is 0.400. The summed E-state index contributed by atoms with van der Waals surface area (Å²) in [5.41, 5.74) is 4.57. The lowest BCUT2D eigenvalue weighted by Gasteiger charge is -2.37. The highest BCUT2D eigenvalue weighted by atomic mass is 79.9. The molecule has 1 heterocycles. The van der Waals surface area contributed by atoms with Crippen LogP contribution in [0.15, 0.2) is 45.8 Å². The van der Waals surface area contributed by atoms with Crippen molar-refractivity contribution in [3.63, 3.8) is 0 Å². The normalized spacial score (nSPS) is 16.1. The van der Waals surface area contributed by atoms with E-state index in [1.165, 1.54) is 16.8 Å². The van der Waals surface area contributed by atoms with Crippen molar-refractivity contribution in [1.29, 1.82) is 0 Å². The standard InChI is InChI=1S/C20H25BrN2O2S/c1-4-17-14-18(21)8-9-19(17)26(24,25)23-12-10-22(11-13-23)20-15(2)6-5-7-16(20)3/h5-9,14H,4,10-13H2,1-3H3. The Morgan fingerprint density at radius 1 is 1.00 bits per heavy atom. The average molecular weight is 437 g/mol. The molecule has 6 heteroatoms. The molecular formula is C20H25BrN2O2S. The van der Waals surface area contributed by atoms with E-state index in [0.717, 1.165) is 10.0 Å². The quantitative estimate of drug-likeness (QED) is 0.722. The molecule has 4 nitrogen and oxygen atoms in total. The molecule has 2 aromatic rings. The number of aryl methyl sites for hydroxylation is 3. The van der Waals surface area contributed by atoms with Crippen molar-refractivity contribution in [3.05, 3.63) is 57.6 Å². The first kappa shape index (κ1) is 19.4. The van der Waals surface area contributed by atoms with Gasteiger partial charge in [0, 0.05) is 36.3 Å². The second-order valence-electron chi connectivity index (χ2n) is 6.74. The summed E-state index contributed by atoms with van der Waals surface area (Å²) in [5.74, 6) is 0. The Morgan fingerprint density at radius 3 is 2.19 bits per heavy atom. The van der Waals surface area contributed by atoms with Gasteiger partial charge in [-0.25, -0.2) is 8.42 Å². The summed E-state index contributed by atoms with van der Waals surface area (Å²) in [7, 11) is -3.46. The topological polar surface area (TPSA) is 40.6 Å². The average Bonchev–Trinajstić information content (AvgIpc) is 2.61. The first-order valence-electron chi connectivity index (χ1n) is 8.94. The van der Waals surface area contributed by atoms with Crippen LogP contribution in [0.2, 0.25) is 0 Å². The number of rotatable bonds is 4. The van der Waals surface area contributed by atoms with E-state index in [0.29, 0.717) is 37.5 Å². The Hall–Kier alpha value is -1.37. The number of para-hydroxylation sites is 1. The zero-order chi connectivity index (χ0) is 18.9. The molecule has 2 aromatic carbocycles. The Bertz CT molecular complexity index is 884. The molecule has 1 aliphatic heterocycles. The van der Waals surface area contributed by atoms with Gasteiger partial charge < -0.3 is 4.90 Å². The maximum absolute atomic E-state index is 13.1. The zero-order valence-electron chi connectivity index (χ0n) is 15.5. The van der Waals surface area contributed by atoms with Crippen molar-refractivity contribution in [3.8, 4) is 0 Å². The van der Waals surface area contributed by atoms with Crippen molar-refractivity contribution < 1.29 is 8.42 Å². The lowest BCUT2D eigenvalue weighted by molar-refractivity contribution is 0.384. The van der Waals surface area contributed by atoms with Gasteiger partial charge in [-0.1, -0.05) is 41.1 Å². The first-order chi connectivity index (χ1) is 12.3. The fourth-order valence-electron chi connectivity index (χ4n) is 3.67. The van der Waals surface area contributed by atoms with Crippen LogP contribution in [-0.2, 0) is 16.4 Å². The maximum Gasteiger partial charge on any atom is 0.243 e. The number of nitrogens with zero attached hydrogens (tertiary/aromatic N) is 2. The van der Waals surface area contributed by atoms with Crippen molar-refractivity contribution in [2.24, 2.45) is 0 Å². The molecule has 140 valence electrons. The van der Waals surface area contributed by atoms with Crippen LogP contribution in [0.5, 0.6) is 0 Å². The molecule has 1 aliphatic rings. The summed E-state index contributed by atoms with van der Waals surface area (Å²) in [4.78, 5) is 2.74. The van der Waals surface area contributed by atoms with E-state index < -0.39 is 10.0 Å². The van der Waals surface area contributed by atoms with E-state index in [9.17, 15) is 8.42 Å². The largest absolute Gasteiger partial charge is 0.368 e. The summed E-state index contributed by atoms with van der Waals surface area (Å²) in [6.07, 6.45) is 0.691. The number of piperazine rings is 1. The number of anilines is 1. The third-order valence-electron chi connectivity index (χ3n) is 5.02. The summed E-state index contributed by atoms with van der Waals surface area (Å²) < 4.78 is 28.8. The van der Waals surface area contributed by atoms with Gasteiger partial charge in [0.25, 0.3) is 0 Å². The molecule has 0 bridgehead atoms. The van der Waals surface area contributed by atoms with Gasteiger partial charge in [-0.05, 0) is 55.2 Å². The van der Waals surface area contributed by atoms with E-state index in [4.69, 9.17) is 0 Å². The van der Waals surface area contributed by atoms with Gasteiger partial charge in [0.15, 0.2) is 0 Å². The minimum Gasteiger partial charge on any atom is -0.368 e. The minimum atomic E-state index is -3.46. The molecule has 0 aromatic heterocycles. The predicted molar refractivity (Wildman–Crippen MR) is 110 cm³/mol. The third kappa shape index (κ3) is 3.68. The van der Waals surface area contributed by atoms with Gasteiger partial charge in [0.05, 0.1) is 4.90 Å². The Kier molecular flexibility index (Phi) is 5.75. The van der Waals surface area contributed by atoms with Gasteiger partial charge in [0.2, 0.25) is 10.0 Å². The first-order valence-corrected chi connectivity index (χ1v) is 11.2. The maximum atomic E-state index is 13.1. The van der Waals surface area contributed by atoms with Gasteiger partial charge in [-0.15, -0.1) is 0 Å². The Labute approximate surface area is 165 Å². The number of sulfonamides is 1. The van der Waals surface area contributed by atoms with Crippen molar-refractivity contribution >= 4 is 31.6 Å². The molecule has 1 fully saturated rings. The van der Waals surface area contributed by atoms with E-state index in [2.05, 4.69) is 52.9 Å². The van der Waals surface area contributed by atoms with Crippen LogP contribution in [0.1, 0.15) is 23.6 Å². The molecule has 3 rings (SSSR count). The third-order valence-corrected chi connectivity index (χ3v) is 7.51. The molecule has 0 unspecified atom stereocenters. The zero-order valence-corrected chi connectivity index (χ0v) is 17.9. The highest BCUT2D eigenvalue weighted by Crippen LogP contribution is 2.28. The van der Waals surface area contributed by atoms with Crippen LogP contribution in [0.4, 0.5) is 5.69 Å². The number of benzene rings is 2. The summed E-state index contributed by atoms with van der Waals surface area (Å²) in [6.45, 7) is 8.65. The Morgan fingerprint density at radius 2 is 1.62 bits per heavy atom. The second kappa shape index (κ2) is 7.71. The molecule has 0 aliphatic carbocycles. The van der Waals surface area contributed by atoms with Gasteiger partial charge in [-0.2, -0.15) is 4.31 Å². The summed E-state index contributed by atoms with van der Waals surface area (Å²) >= 11 is 3.43. The number of hydrogen-bond donors (Lipinski definition) is 0. The molecule has 0 amide bonds. The lowest BCUT2D eigenvalue weighted by atomic mass is 10.1. The van der Waals surface area contributed by atoms with Crippen molar-refractivity contribution in [2.75, 3.05) is 31.1 Å². The van der Waals surface area contributed by atoms with Crippen LogP contribution in [0.3, 0.4) is 0 Å². The summed E-state index contributed by atoms with van der Waals surface area (Å²) in [6, 6.07) is 11.7. The Balaban J connectivity index is 1.81. The molecule has 1 saturated heterocycles. The minimum absolute atomic E-state index is 0.434. The molecule has 0 radical (unpaired) electrons. The van der Waals surface area contributed by atoms with Crippen LogP contribution in [0, 0.1) is 13.8 Å². The second-order valence-corrected chi connectivity index (χ2v) is 9.56. The molecular weight excluding hydrogens is 412 g/mol. The highest BCUT2D eigenvalue weighted by Gasteiger charge is 2.30. The lowest BCUT2D eigenvalue weighted by Crippen LogP contribution is -2.49. The molecule has 26 heavy (non-hydrogen) atoms. The van der Waals surface area contributed by atoms with Crippen molar-refractivity contribution in [2.45, 2.75) is 32.1 Å². The van der Waals surface area contributed by atoms with E-state index in [1.54, 1.807) is 16.4 Å². The van der Waals surface area contributed by atoms with Crippen molar-refractivity contribution in [1.82, 2.24) is 4.31 Å². The molecule has 0 saturated carbocycles. The van der Waals surface area contributed by atoms with Gasteiger partial charge in [0.1, 0.15) is 0 Å². The number of hydrogen-bond acceptors (Lipinski definition) is 3. The summed E-state index contributed by atoms with van der Waals surface area (Å²) in [5, 5.41) is 0. The number of halogens is 1. The fourth-order valence-corrected chi connectivity index (χ4v) is 5.78. The molecule has 0 atom stereocenters. The van der Waals surface area contributed by atoms with Crippen LogP contribution in [0.25, 0.3) is 0 Å². The predicted octanol–water partition coefficient (Wildman–Crippen LogP) is 4.14. The monoisotopic (exact) mass is 436 g/mol. The van der Waals surface area contributed by atoms with E-state index >= 15 is 0 Å². The van der Waals surface area contributed by atoms with Gasteiger partial charge in [-0.3, -0.25) is 0 Å². The molecule has 0 N–H and O–H groups in total. The van der Waals surface area contributed by atoms with Crippen LogP contribution < -0.4 is 4.90 Å². The molecule has 0 spiro atoms.